The lowest BCUT2D eigenvalue weighted by molar-refractivity contribution is -0.137. The Labute approximate surface area is 172 Å². The van der Waals surface area contributed by atoms with Gasteiger partial charge < -0.3 is 15.0 Å². The number of piperidine rings is 1. The van der Waals surface area contributed by atoms with Crippen LogP contribution in [0.1, 0.15) is 34.3 Å². The zero-order chi connectivity index (χ0) is 21.7. The fourth-order valence-corrected chi connectivity index (χ4v) is 3.22. The third-order valence-corrected chi connectivity index (χ3v) is 5.04. The van der Waals surface area contributed by atoms with E-state index in [-0.39, 0.29) is 24.1 Å². The topological polar surface area (TPSA) is 58.6 Å². The van der Waals surface area contributed by atoms with Crippen molar-refractivity contribution in [2.45, 2.75) is 32.0 Å². The summed E-state index contributed by atoms with van der Waals surface area (Å²) in [6.45, 7) is 2.88. The Bertz CT molecular complexity index is 872. The van der Waals surface area contributed by atoms with Crippen molar-refractivity contribution in [3.05, 3.63) is 65.2 Å². The normalized spacial score (nSPS) is 15.0. The summed E-state index contributed by atoms with van der Waals surface area (Å²) in [6, 6.07) is 11.4. The predicted molar refractivity (Wildman–Crippen MR) is 105 cm³/mol. The number of carbonyl (C=O) groups is 2. The molecule has 1 saturated heterocycles. The number of ether oxygens (including phenoxy) is 1. The number of nitrogens with one attached hydrogen (secondary N) is 1. The molecule has 30 heavy (non-hydrogen) atoms. The lowest BCUT2D eigenvalue weighted by Crippen LogP contribution is -2.47. The second kappa shape index (κ2) is 9.19. The maximum Gasteiger partial charge on any atom is 0.416 e. The molecule has 1 fully saturated rings. The van der Waals surface area contributed by atoms with Gasteiger partial charge in [0.1, 0.15) is 5.75 Å². The Kier molecular flexibility index (Phi) is 6.64. The van der Waals surface area contributed by atoms with E-state index in [1.807, 2.05) is 31.2 Å². The minimum Gasteiger partial charge on any atom is -0.484 e. The molecular formula is C22H23F3N2O3. The molecule has 0 unspecified atom stereocenters. The van der Waals surface area contributed by atoms with Gasteiger partial charge in [0.05, 0.1) is 5.56 Å². The molecule has 2 aromatic carbocycles. The van der Waals surface area contributed by atoms with Crippen LogP contribution in [0, 0.1) is 6.92 Å². The highest BCUT2D eigenvalue weighted by molar-refractivity contribution is 5.94. The van der Waals surface area contributed by atoms with Crippen molar-refractivity contribution in [2.75, 3.05) is 19.7 Å². The van der Waals surface area contributed by atoms with Crippen molar-refractivity contribution in [1.82, 2.24) is 10.2 Å². The molecule has 5 nitrogen and oxygen atoms in total. The first-order valence-corrected chi connectivity index (χ1v) is 9.68. The maximum atomic E-state index is 12.6. The van der Waals surface area contributed by atoms with Crippen LogP contribution in [0.2, 0.25) is 0 Å². The van der Waals surface area contributed by atoms with Gasteiger partial charge in [0, 0.05) is 24.7 Å². The Morgan fingerprint density at radius 1 is 1.03 bits per heavy atom. The van der Waals surface area contributed by atoms with Crippen molar-refractivity contribution in [2.24, 2.45) is 0 Å². The minimum atomic E-state index is -4.43. The predicted octanol–water partition coefficient (Wildman–Crippen LogP) is 3.81. The van der Waals surface area contributed by atoms with Crippen LogP contribution in [0.15, 0.2) is 48.5 Å². The Balaban J connectivity index is 1.44. The van der Waals surface area contributed by atoms with Gasteiger partial charge in [-0.1, -0.05) is 17.7 Å². The van der Waals surface area contributed by atoms with Gasteiger partial charge in [-0.3, -0.25) is 9.59 Å². The summed E-state index contributed by atoms with van der Waals surface area (Å²) < 4.78 is 43.4. The van der Waals surface area contributed by atoms with Crippen LogP contribution in [0.3, 0.4) is 0 Å². The van der Waals surface area contributed by atoms with E-state index in [1.165, 1.54) is 12.1 Å². The monoisotopic (exact) mass is 420 g/mol. The number of alkyl halides is 3. The van der Waals surface area contributed by atoms with Gasteiger partial charge >= 0.3 is 6.18 Å². The van der Waals surface area contributed by atoms with Gasteiger partial charge in [-0.15, -0.1) is 0 Å². The molecular weight excluding hydrogens is 397 g/mol. The summed E-state index contributed by atoms with van der Waals surface area (Å²) in [5, 5.41) is 2.83. The van der Waals surface area contributed by atoms with Crippen LogP contribution in [0.4, 0.5) is 13.2 Å². The maximum absolute atomic E-state index is 12.6. The van der Waals surface area contributed by atoms with Crippen LogP contribution >= 0.6 is 0 Å². The second-order valence-corrected chi connectivity index (χ2v) is 7.31. The Morgan fingerprint density at radius 2 is 1.63 bits per heavy atom. The number of hydrogen-bond donors (Lipinski definition) is 1. The number of nitrogens with zero attached hydrogens (tertiary/aromatic N) is 1. The van der Waals surface area contributed by atoms with Crippen molar-refractivity contribution in [3.63, 3.8) is 0 Å². The second-order valence-electron chi connectivity index (χ2n) is 7.31. The van der Waals surface area contributed by atoms with Crippen molar-refractivity contribution in [1.29, 1.82) is 0 Å². The zero-order valence-corrected chi connectivity index (χ0v) is 16.5. The smallest absolute Gasteiger partial charge is 0.416 e. The summed E-state index contributed by atoms with van der Waals surface area (Å²) in [5.74, 6) is 0.0898. The van der Waals surface area contributed by atoms with Crippen molar-refractivity contribution < 1.29 is 27.5 Å². The van der Waals surface area contributed by atoms with Crippen LogP contribution < -0.4 is 10.1 Å². The molecule has 2 aromatic rings. The number of rotatable bonds is 5. The molecule has 0 spiro atoms. The summed E-state index contributed by atoms with van der Waals surface area (Å²) in [7, 11) is 0. The molecule has 1 heterocycles. The summed E-state index contributed by atoms with van der Waals surface area (Å²) >= 11 is 0. The highest BCUT2D eigenvalue weighted by Gasteiger charge is 2.30. The van der Waals surface area contributed by atoms with Crippen LogP contribution in [0.5, 0.6) is 5.75 Å². The van der Waals surface area contributed by atoms with Gasteiger partial charge in [0.15, 0.2) is 6.61 Å². The van der Waals surface area contributed by atoms with Gasteiger partial charge in [0.25, 0.3) is 11.8 Å². The quantitative estimate of drug-likeness (QED) is 0.800. The lowest BCUT2D eigenvalue weighted by atomic mass is 10.0. The lowest BCUT2D eigenvalue weighted by Gasteiger charge is -2.32. The largest absolute Gasteiger partial charge is 0.484 e. The van der Waals surface area contributed by atoms with Gasteiger partial charge in [-0.2, -0.15) is 13.2 Å². The van der Waals surface area contributed by atoms with E-state index in [4.69, 9.17) is 4.74 Å². The molecule has 1 aliphatic heterocycles. The molecule has 0 radical (unpaired) electrons. The molecule has 1 N–H and O–H groups in total. The van der Waals surface area contributed by atoms with E-state index in [9.17, 15) is 22.8 Å². The first kappa shape index (κ1) is 21.7. The van der Waals surface area contributed by atoms with Crippen LogP contribution in [0.25, 0.3) is 0 Å². The van der Waals surface area contributed by atoms with E-state index in [2.05, 4.69) is 5.32 Å². The minimum absolute atomic E-state index is 0.0500. The average Bonchev–Trinajstić information content (AvgIpc) is 2.73. The van der Waals surface area contributed by atoms with Crippen LogP contribution in [-0.2, 0) is 11.0 Å². The number of amides is 2. The van der Waals surface area contributed by atoms with E-state index in [0.717, 1.165) is 17.7 Å². The number of aryl methyl sites for hydroxylation is 1. The Morgan fingerprint density at radius 3 is 2.20 bits per heavy atom. The van der Waals surface area contributed by atoms with E-state index < -0.39 is 17.6 Å². The molecule has 0 bridgehead atoms. The van der Waals surface area contributed by atoms with Crippen molar-refractivity contribution >= 4 is 11.8 Å². The fraction of sp³-hybridized carbons (Fsp3) is 0.364. The van der Waals surface area contributed by atoms with Gasteiger partial charge in [-0.25, -0.2) is 0 Å². The fourth-order valence-electron chi connectivity index (χ4n) is 3.22. The van der Waals surface area contributed by atoms with Gasteiger partial charge in [-0.05, 0) is 56.2 Å². The number of halogens is 3. The first-order chi connectivity index (χ1) is 14.2. The summed E-state index contributed by atoms with van der Waals surface area (Å²) in [6.07, 6.45) is -3.29. The molecule has 2 amide bonds. The van der Waals surface area contributed by atoms with Gasteiger partial charge in [0.2, 0.25) is 0 Å². The number of hydrogen-bond acceptors (Lipinski definition) is 3. The molecule has 1 aliphatic rings. The van der Waals surface area contributed by atoms with E-state index in [0.29, 0.717) is 31.7 Å². The summed E-state index contributed by atoms with van der Waals surface area (Å²) in [4.78, 5) is 26.3. The molecule has 160 valence electrons. The number of benzene rings is 2. The molecule has 0 atom stereocenters. The highest BCUT2D eigenvalue weighted by Crippen LogP contribution is 2.29. The number of likely N-dealkylation sites (tertiary alicyclic amines) is 1. The third kappa shape index (κ3) is 5.75. The molecule has 3 rings (SSSR count). The molecule has 8 heteroatoms. The van der Waals surface area contributed by atoms with Crippen LogP contribution in [-0.4, -0.2) is 42.5 Å². The standard InChI is InChI=1S/C22H23F3N2O3/c1-15-2-8-19(9-3-15)30-14-20(28)27-12-10-18(11-13-27)26-21(29)16-4-6-17(7-5-16)22(23,24)25/h2-9,18H,10-14H2,1H3,(H,26,29). The average molecular weight is 420 g/mol. The zero-order valence-electron chi connectivity index (χ0n) is 16.5. The SMILES string of the molecule is Cc1ccc(OCC(=O)N2CCC(NC(=O)c3ccc(C(F)(F)F)cc3)CC2)cc1. The van der Waals surface area contributed by atoms with E-state index >= 15 is 0 Å². The Hall–Kier alpha value is -3.03. The molecule has 0 aromatic heterocycles. The van der Waals surface area contributed by atoms with E-state index in [1.54, 1.807) is 4.90 Å². The first-order valence-electron chi connectivity index (χ1n) is 9.68. The third-order valence-electron chi connectivity index (χ3n) is 5.04. The molecule has 0 aliphatic carbocycles. The summed E-state index contributed by atoms with van der Waals surface area (Å²) in [5.41, 5.74) is 0.487. The molecule has 0 saturated carbocycles. The van der Waals surface area contributed by atoms with Crippen molar-refractivity contribution in [3.8, 4) is 5.75 Å². The number of carbonyl (C=O) groups excluding carboxylic acids is 2. The highest BCUT2D eigenvalue weighted by atomic mass is 19.4.